The van der Waals surface area contributed by atoms with Crippen molar-refractivity contribution in [3.63, 3.8) is 0 Å². The Morgan fingerprint density at radius 1 is 1.14 bits per heavy atom. The average Bonchev–Trinajstić information content (AvgIpc) is 3.37. The molecular weight excluding hydrogens is 359 g/mol. The second-order valence-corrected chi connectivity index (χ2v) is 6.11. The van der Waals surface area contributed by atoms with E-state index in [0.717, 1.165) is 0 Å². The summed E-state index contributed by atoms with van der Waals surface area (Å²) in [5, 5.41) is 6.81. The number of H-pyrrole nitrogens is 1. The summed E-state index contributed by atoms with van der Waals surface area (Å²) in [6, 6.07) is 13.5. The lowest BCUT2D eigenvalue weighted by Crippen LogP contribution is -2.27. The molecule has 0 unspecified atom stereocenters. The summed E-state index contributed by atoms with van der Waals surface area (Å²) in [5.74, 6) is 0.0158. The van der Waals surface area contributed by atoms with Crippen molar-refractivity contribution in [2.24, 2.45) is 0 Å². The van der Waals surface area contributed by atoms with Crippen LogP contribution in [-0.2, 0) is 17.9 Å². The molecule has 0 atom stereocenters. The maximum atomic E-state index is 13.7. The van der Waals surface area contributed by atoms with Crippen molar-refractivity contribution in [1.29, 1.82) is 0 Å². The van der Waals surface area contributed by atoms with Gasteiger partial charge >= 0.3 is 0 Å². The van der Waals surface area contributed by atoms with Gasteiger partial charge in [0.2, 0.25) is 5.91 Å². The zero-order valence-electron chi connectivity index (χ0n) is 14.8. The van der Waals surface area contributed by atoms with Crippen LogP contribution in [0.25, 0.3) is 22.6 Å². The predicted molar refractivity (Wildman–Crippen MR) is 101 cm³/mol. The predicted octanol–water partition coefficient (Wildman–Crippen LogP) is 2.79. The Hall–Kier alpha value is -3.81. The van der Waals surface area contributed by atoms with Gasteiger partial charge in [0.25, 0.3) is 0 Å². The van der Waals surface area contributed by atoms with Gasteiger partial charge in [-0.3, -0.25) is 14.5 Å². The van der Waals surface area contributed by atoms with E-state index in [-0.39, 0.29) is 24.8 Å². The third-order valence-corrected chi connectivity index (χ3v) is 4.09. The van der Waals surface area contributed by atoms with Crippen molar-refractivity contribution in [3.05, 3.63) is 78.8 Å². The fraction of sp³-hybridized carbons (Fsp3) is 0.100. The summed E-state index contributed by atoms with van der Waals surface area (Å²) in [5.41, 5.74) is 2.56. The highest BCUT2D eigenvalue weighted by Gasteiger charge is 2.16. The number of rotatable bonds is 6. The molecule has 1 aromatic carbocycles. The highest BCUT2D eigenvalue weighted by molar-refractivity contribution is 5.77. The van der Waals surface area contributed by atoms with Gasteiger partial charge in [-0.05, 0) is 30.3 Å². The smallest absolute Gasteiger partial charge is 0.242 e. The maximum absolute atomic E-state index is 13.7. The van der Waals surface area contributed by atoms with Crippen LogP contribution in [0, 0.1) is 5.82 Å². The SMILES string of the molecule is O=C(Cn1cccn1)NCc1nc(-c2cccc(F)c2)c(-c2ccccn2)[nH]1. The first-order valence-corrected chi connectivity index (χ1v) is 8.69. The minimum atomic E-state index is -0.346. The number of amides is 1. The minimum absolute atomic E-state index is 0.123. The monoisotopic (exact) mass is 376 g/mol. The van der Waals surface area contributed by atoms with Crippen LogP contribution in [0.5, 0.6) is 0 Å². The number of halogens is 1. The normalized spacial score (nSPS) is 10.8. The number of aromatic amines is 1. The average molecular weight is 376 g/mol. The molecule has 0 fully saturated rings. The van der Waals surface area contributed by atoms with Crippen LogP contribution in [0.3, 0.4) is 0 Å². The summed E-state index contributed by atoms with van der Waals surface area (Å²) in [4.78, 5) is 24.2. The summed E-state index contributed by atoms with van der Waals surface area (Å²) in [6.07, 6.45) is 5.01. The molecular formula is C20H17FN6O. The Labute approximate surface area is 160 Å². The molecule has 0 aliphatic rings. The lowest BCUT2D eigenvalue weighted by molar-refractivity contribution is -0.122. The summed E-state index contributed by atoms with van der Waals surface area (Å²) in [6.45, 7) is 0.326. The number of imidazole rings is 1. The Morgan fingerprint density at radius 2 is 2.07 bits per heavy atom. The number of carbonyl (C=O) groups is 1. The standard InChI is InChI=1S/C20H17FN6O/c21-15-6-3-5-14(11-15)19-20(16-7-1-2-8-22-16)26-17(25-19)12-23-18(28)13-27-10-4-9-24-27/h1-11H,12-13H2,(H,23,28)(H,25,26). The molecule has 0 radical (unpaired) electrons. The molecule has 0 saturated carbocycles. The van der Waals surface area contributed by atoms with Crippen LogP contribution in [0.1, 0.15) is 5.82 Å². The molecule has 3 heterocycles. The third kappa shape index (κ3) is 3.96. The van der Waals surface area contributed by atoms with Crippen LogP contribution in [-0.4, -0.2) is 30.6 Å². The van der Waals surface area contributed by atoms with Crippen molar-refractivity contribution in [2.45, 2.75) is 13.1 Å². The van der Waals surface area contributed by atoms with Crippen LogP contribution in [0.2, 0.25) is 0 Å². The molecule has 28 heavy (non-hydrogen) atoms. The van der Waals surface area contributed by atoms with E-state index in [4.69, 9.17) is 0 Å². The van der Waals surface area contributed by atoms with Crippen molar-refractivity contribution in [2.75, 3.05) is 0 Å². The maximum Gasteiger partial charge on any atom is 0.242 e. The van der Waals surface area contributed by atoms with Crippen LogP contribution >= 0.6 is 0 Å². The first-order valence-electron chi connectivity index (χ1n) is 8.69. The summed E-state index contributed by atoms with van der Waals surface area (Å²) in [7, 11) is 0. The molecule has 0 saturated heterocycles. The number of benzene rings is 1. The number of hydrogen-bond acceptors (Lipinski definition) is 4. The fourth-order valence-corrected chi connectivity index (χ4v) is 2.83. The molecule has 1 amide bonds. The number of pyridine rings is 1. The van der Waals surface area contributed by atoms with Gasteiger partial charge < -0.3 is 10.3 Å². The highest BCUT2D eigenvalue weighted by atomic mass is 19.1. The van der Waals surface area contributed by atoms with Crippen LogP contribution in [0.4, 0.5) is 4.39 Å². The van der Waals surface area contributed by atoms with Gasteiger partial charge in [-0.25, -0.2) is 9.37 Å². The van der Waals surface area contributed by atoms with Crippen LogP contribution < -0.4 is 5.32 Å². The molecule has 2 N–H and O–H groups in total. The van der Waals surface area contributed by atoms with Gasteiger partial charge in [0.05, 0.1) is 23.6 Å². The highest BCUT2D eigenvalue weighted by Crippen LogP contribution is 2.29. The number of carbonyl (C=O) groups excluding carboxylic acids is 1. The van der Waals surface area contributed by atoms with Crippen molar-refractivity contribution < 1.29 is 9.18 Å². The Bertz CT molecular complexity index is 1080. The Morgan fingerprint density at radius 3 is 2.82 bits per heavy atom. The van der Waals surface area contributed by atoms with E-state index < -0.39 is 0 Å². The van der Waals surface area contributed by atoms with Crippen molar-refractivity contribution in [3.8, 4) is 22.6 Å². The molecule has 140 valence electrons. The second-order valence-electron chi connectivity index (χ2n) is 6.11. The zero-order valence-corrected chi connectivity index (χ0v) is 14.8. The van der Waals surface area contributed by atoms with E-state index >= 15 is 0 Å². The van der Waals surface area contributed by atoms with Gasteiger partial charge in [0.15, 0.2) is 0 Å². The van der Waals surface area contributed by atoms with Crippen molar-refractivity contribution in [1.82, 2.24) is 30.0 Å². The lowest BCUT2D eigenvalue weighted by atomic mass is 10.1. The van der Waals surface area contributed by atoms with Gasteiger partial charge in [-0.2, -0.15) is 5.10 Å². The molecule has 4 aromatic rings. The van der Waals surface area contributed by atoms with E-state index in [0.29, 0.717) is 28.5 Å². The molecule has 3 aromatic heterocycles. The molecule has 0 bridgehead atoms. The molecule has 0 aliphatic heterocycles. The topological polar surface area (TPSA) is 88.5 Å². The van der Waals surface area contributed by atoms with E-state index in [2.05, 4.69) is 25.4 Å². The Balaban J connectivity index is 1.59. The summed E-state index contributed by atoms with van der Waals surface area (Å²) < 4.78 is 15.2. The van der Waals surface area contributed by atoms with E-state index in [1.165, 1.54) is 16.8 Å². The van der Waals surface area contributed by atoms with Gasteiger partial charge in [0.1, 0.15) is 18.2 Å². The number of aromatic nitrogens is 5. The van der Waals surface area contributed by atoms with Crippen molar-refractivity contribution >= 4 is 5.91 Å². The summed E-state index contributed by atoms with van der Waals surface area (Å²) >= 11 is 0. The van der Waals surface area contributed by atoms with Gasteiger partial charge in [-0.1, -0.05) is 18.2 Å². The quantitative estimate of drug-likeness (QED) is 0.542. The molecule has 0 spiro atoms. The fourth-order valence-electron chi connectivity index (χ4n) is 2.83. The molecule has 0 aliphatic carbocycles. The number of nitrogens with one attached hydrogen (secondary N) is 2. The third-order valence-electron chi connectivity index (χ3n) is 4.09. The minimum Gasteiger partial charge on any atom is -0.347 e. The lowest BCUT2D eigenvalue weighted by Gasteiger charge is -2.03. The molecule has 8 heteroatoms. The second kappa shape index (κ2) is 7.83. The molecule has 7 nitrogen and oxygen atoms in total. The van der Waals surface area contributed by atoms with Gasteiger partial charge in [-0.15, -0.1) is 0 Å². The molecule has 4 rings (SSSR count). The number of nitrogens with zero attached hydrogens (tertiary/aromatic N) is 4. The zero-order chi connectivity index (χ0) is 19.3. The first kappa shape index (κ1) is 17.6. The van der Waals surface area contributed by atoms with Gasteiger partial charge in [0, 0.05) is 24.2 Å². The van der Waals surface area contributed by atoms with Crippen LogP contribution in [0.15, 0.2) is 67.1 Å². The van der Waals surface area contributed by atoms with E-state index in [9.17, 15) is 9.18 Å². The Kier molecular flexibility index (Phi) is 4.92. The number of hydrogen-bond donors (Lipinski definition) is 2. The largest absolute Gasteiger partial charge is 0.347 e. The van der Waals surface area contributed by atoms with E-state index in [1.807, 2.05) is 18.2 Å². The van der Waals surface area contributed by atoms with E-state index in [1.54, 1.807) is 36.8 Å². The first-order chi connectivity index (χ1) is 13.7.